The van der Waals surface area contributed by atoms with Gasteiger partial charge in [-0.3, -0.25) is 18.6 Å². The van der Waals surface area contributed by atoms with Gasteiger partial charge in [-0.25, -0.2) is 4.57 Å². The highest BCUT2D eigenvalue weighted by Gasteiger charge is 2.25. The van der Waals surface area contributed by atoms with Gasteiger partial charge < -0.3 is 20.1 Å². The van der Waals surface area contributed by atoms with E-state index in [0.717, 1.165) is 32.1 Å². The molecule has 0 aliphatic rings. The molecule has 9 nitrogen and oxygen atoms in total. The Morgan fingerprint density at radius 1 is 0.806 bits per heavy atom. The molecule has 0 aliphatic heterocycles. The number of nitrogens with two attached hydrogens (primary N) is 1. The van der Waals surface area contributed by atoms with Gasteiger partial charge in [-0.15, -0.1) is 0 Å². The molecule has 2 atom stereocenters. The summed E-state index contributed by atoms with van der Waals surface area (Å²) in [4.78, 5) is 33.5. The second kappa shape index (κ2) is 24.1. The van der Waals surface area contributed by atoms with E-state index < -0.39 is 32.5 Å². The molecule has 0 fully saturated rings. The summed E-state index contributed by atoms with van der Waals surface area (Å²) in [5.41, 5.74) is 5.25. The first-order chi connectivity index (χ1) is 17.3. The highest BCUT2D eigenvalue weighted by molar-refractivity contribution is 7.47. The van der Waals surface area contributed by atoms with Gasteiger partial charge in [0.05, 0.1) is 13.2 Å². The SMILES string of the molecule is CCCCCCC/C=C\CCCCCCCC(=O)OC(COC(=O)CCC)COP(=O)(O)OCCN. The molecule has 3 N–H and O–H groups in total. The average Bonchev–Trinajstić information content (AvgIpc) is 2.85. The number of hydrogen-bond acceptors (Lipinski definition) is 8. The average molecular weight is 536 g/mol. The molecule has 0 aliphatic carbocycles. The third kappa shape index (κ3) is 23.2. The normalized spacial score (nSPS) is 14.0. The molecule has 0 heterocycles. The molecule has 0 aromatic heterocycles. The Labute approximate surface area is 218 Å². The van der Waals surface area contributed by atoms with E-state index in [4.69, 9.17) is 19.7 Å². The number of esters is 2. The number of rotatable bonds is 25. The summed E-state index contributed by atoms with van der Waals surface area (Å²) in [6.45, 7) is 3.28. The lowest BCUT2D eigenvalue weighted by Gasteiger charge is -2.19. The van der Waals surface area contributed by atoms with Gasteiger partial charge in [0.1, 0.15) is 6.61 Å². The standard InChI is InChI=1S/C26H50NO8P/c1-3-5-6-7-8-9-10-11-12-13-14-15-16-17-19-26(29)35-24(22-32-25(28)18-4-2)23-34-36(30,31)33-21-20-27/h10-11,24H,3-9,12-23,27H2,1-2H3,(H,30,31)/b11-10-. The van der Waals surface area contributed by atoms with Gasteiger partial charge in [0, 0.05) is 19.4 Å². The number of allylic oxidation sites excluding steroid dienone is 2. The third-order valence-electron chi connectivity index (χ3n) is 5.37. The van der Waals surface area contributed by atoms with Crippen LogP contribution < -0.4 is 5.73 Å². The quantitative estimate of drug-likeness (QED) is 0.0626. The van der Waals surface area contributed by atoms with Crippen molar-refractivity contribution in [2.75, 3.05) is 26.4 Å². The van der Waals surface area contributed by atoms with E-state index in [9.17, 15) is 19.0 Å². The third-order valence-corrected chi connectivity index (χ3v) is 6.36. The number of phosphoric ester groups is 1. The monoisotopic (exact) mass is 535 g/mol. The van der Waals surface area contributed by atoms with Crippen LogP contribution in [-0.2, 0) is 32.7 Å². The van der Waals surface area contributed by atoms with Crippen molar-refractivity contribution in [1.29, 1.82) is 0 Å². The number of carbonyl (C=O) groups excluding carboxylic acids is 2. The summed E-state index contributed by atoms with van der Waals surface area (Å²) >= 11 is 0. The minimum absolute atomic E-state index is 0.0524. The molecule has 0 saturated carbocycles. The second-order valence-electron chi connectivity index (χ2n) is 8.91. The van der Waals surface area contributed by atoms with E-state index in [0.29, 0.717) is 12.8 Å². The Morgan fingerprint density at radius 3 is 2.03 bits per heavy atom. The Bertz CT molecular complexity index is 629. The first-order valence-corrected chi connectivity index (χ1v) is 15.2. The van der Waals surface area contributed by atoms with Crippen molar-refractivity contribution in [3.05, 3.63) is 12.2 Å². The van der Waals surface area contributed by atoms with Crippen molar-refractivity contribution in [2.24, 2.45) is 5.73 Å². The second-order valence-corrected chi connectivity index (χ2v) is 10.4. The number of unbranched alkanes of at least 4 members (excludes halogenated alkanes) is 10. The van der Waals surface area contributed by atoms with E-state index in [2.05, 4.69) is 23.6 Å². The first-order valence-electron chi connectivity index (χ1n) is 13.7. The predicted molar refractivity (Wildman–Crippen MR) is 141 cm³/mol. The van der Waals surface area contributed by atoms with Crippen molar-refractivity contribution < 1.29 is 37.6 Å². The number of carbonyl (C=O) groups is 2. The lowest BCUT2D eigenvalue weighted by molar-refractivity contribution is -0.161. The molecule has 0 saturated heterocycles. The minimum atomic E-state index is -4.34. The van der Waals surface area contributed by atoms with Crippen LogP contribution in [0.3, 0.4) is 0 Å². The van der Waals surface area contributed by atoms with E-state index in [-0.39, 0.29) is 32.6 Å². The largest absolute Gasteiger partial charge is 0.472 e. The van der Waals surface area contributed by atoms with E-state index in [1.54, 1.807) is 0 Å². The first kappa shape index (κ1) is 34.8. The maximum Gasteiger partial charge on any atom is 0.472 e. The van der Waals surface area contributed by atoms with E-state index >= 15 is 0 Å². The number of ether oxygens (including phenoxy) is 2. The summed E-state index contributed by atoms with van der Waals surface area (Å²) < 4.78 is 31.8. The topological polar surface area (TPSA) is 134 Å². The lowest BCUT2D eigenvalue weighted by Crippen LogP contribution is -2.29. The van der Waals surface area contributed by atoms with Crippen LogP contribution in [0, 0.1) is 0 Å². The van der Waals surface area contributed by atoms with Gasteiger partial charge >= 0.3 is 19.8 Å². The fraction of sp³-hybridized carbons (Fsp3) is 0.846. The van der Waals surface area contributed by atoms with Gasteiger partial charge in [-0.05, 0) is 38.5 Å². The van der Waals surface area contributed by atoms with Crippen LogP contribution >= 0.6 is 7.82 Å². The summed E-state index contributed by atoms with van der Waals surface area (Å²) in [5.74, 6) is -0.903. The van der Waals surface area contributed by atoms with Crippen LogP contribution in [0.25, 0.3) is 0 Å². The molecule has 212 valence electrons. The Morgan fingerprint density at radius 2 is 1.42 bits per heavy atom. The zero-order valence-corrected chi connectivity index (χ0v) is 23.4. The Hall–Kier alpha value is -1.25. The van der Waals surface area contributed by atoms with Gasteiger partial charge in [0.2, 0.25) is 0 Å². The summed E-state index contributed by atoms with van der Waals surface area (Å²) in [5, 5.41) is 0. The highest BCUT2D eigenvalue weighted by Crippen LogP contribution is 2.43. The Kier molecular flexibility index (Phi) is 23.3. The molecule has 0 radical (unpaired) electrons. The van der Waals surface area contributed by atoms with Crippen molar-refractivity contribution in [3.63, 3.8) is 0 Å². The molecule has 0 rings (SSSR count). The molecule has 2 unspecified atom stereocenters. The van der Waals surface area contributed by atoms with Gasteiger partial charge in [0.15, 0.2) is 6.10 Å². The van der Waals surface area contributed by atoms with Crippen molar-refractivity contribution in [2.45, 2.75) is 116 Å². The maximum atomic E-state index is 12.2. The number of phosphoric acid groups is 1. The zero-order valence-electron chi connectivity index (χ0n) is 22.5. The molecule has 0 amide bonds. The van der Waals surface area contributed by atoms with E-state index in [1.165, 1.54) is 38.5 Å². The van der Waals surface area contributed by atoms with E-state index in [1.807, 2.05) is 6.92 Å². The highest BCUT2D eigenvalue weighted by atomic mass is 31.2. The molecule has 0 aromatic rings. The molecule has 0 spiro atoms. The maximum absolute atomic E-state index is 12.2. The molecular weight excluding hydrogens is 485 g/mol. The fourth-order valence-corrected chi connectivity index (χ4v) is 4.13. The lowest BCUT2D eigenvalue weighted by atomic mass is 10.1. The minimum Gasteiger partial charge on any atom is -0.462 e. The van der Waals surface area contributed by atoms with Gasteiger partial charge in [-0.2, -0.15) is 0 Å². The molecule has 0 aromatic carbocycles. The van der Waals surface area contributed by atoms with Crippen molar-refractivity contribution in [3.8, 4) is 0 Å². The molecule has 10 heteroatoms. The van der Waals surface area contributed by atoms with Gasteiger partial charge in [-0.1, -0.05) is 70.9 Å². The smallest absolute Gasteiger partial charge is 0.462 e. The van der Waals surface area contributed by atoms with Crippen molar-refractivity contribution in [1.82, 2.24) is 0 Å². The predicted octanol–water partition coefficient (Wildman–Crippen LogP) is 5.98. The molecule has 36 heavy (non-hydrogen) atoms. The van der Waals surface area contributed by atoms with Crippen LogP contribution in [0.15, 0.2) is 12.2 Å². The van der Waals surface area contributed by atoms with Crippen LogP contribution in [0.5, 0.6) is 0 Å². The van der Waals surface area contributed by atoms with Crippen LogP contribution in [0.2, 0.25) is 0 Å². The molecule has 0 bridgehead atoms. The summed E-state index contributed by atoms with van der Waals surface area (Å²) in [6.07, 6.45) is 18.4. The van der Waals surface area contributed by atoms with Crippen LogP contribution in [-0.4, -0.2) is 49.3 Å². The zero-order chi connectivity index (χ0) is 26.9. The van der Waals surface area contributed by atoms with Crippen LogP contribution in [0.1, 0.15) is 110 Å². The number of hydrogen-bond donors (Lipinski definition) is 2. The summed E-state index contributed by atoms with van der Waals surface area (Å²) in [7, 11) is -4.34. The van der Waals surface area contributed by atoms with Gasteiger partial charge in [0.25, 0.3) is 0 Å². The fourth-order valence-electron chi connectivity index (χ4n) is 3.37. The molecular formula is C26H50NO8P. The Balaban J connectivity index is 4.11. The van der Waals surface area contributed by atoms with Crippen molar-refractivity contribution >= 4 is 19.8 Å². The van der Waals surface area contributed by atoms with Crippen LogP contribution in [0.4, 0.5) is 0 Å². The summed E-state index contributed by atoms with van der Waals surface area (Å²) in [6, 6.07) is 0.